The second-order valence-corrected chi connectivity index (χ2v) is 12.4. The maximum absolute atomic E-state index is 11.6. The molecule has 2 aliphatic heterocycles. The Morgan fingerprint density at radius 3 is 2.57 bits per heavy atom. The molecule has 0 radical (unpaired) electrons. The molecule has 228 valence electrons. The van der Waals surface area contributed by atoms with Crippen molar-refractivity contribution in [2.75, 3.05) is 57.3 Å². The van der Waals surface area contributed by atoms with Crippen molar-refractivity contribution in [3.63, 3.8) is 0 Å². The largest absolute Gasteiger partial charge is 0.497 e. The summed E-state index contributed by atoms with van der Waals surface area (Å²) in [6.07, 6.45) is 0. The minimum atomic E-state index is -0.958. The number of pyridine rings is 1. The van der Waals surface area contributed by atoms with Gasteiger partial charge in [-0.15, -0.1) is 0 Å². The van der Waals surface area contributed by atoms with E-state index in [1.165, 1.54) is 7.11 Å². The van der Waals surface area contributed by atoms with Crippen LogP contribution in [0.5, 0.6) is 11.6 Å². The van der Waals surface area contributed by atoms with Gasteiger partial charge in [0.15, 0.2) is 0 Å². The molecule has 1 saturated heterocycles. The van der Waals surface area contributed by atoms with Crippen LogP contribution in [0.2, 0.25) is 0 Å². The molecule has 0 saturated carbocycles. The summed E-state index contributed by atoms with van der Waals surface area (Å²) in [5.41, 5.74) is 4.68. The highest BCUT2D eigenvalue weighted by Crippen LogP contribution is 2.52. The number of carbonyl (C=O) groups is 1. The van der Waals surface area contributed by atoms with Crippen LogP contribution in [-0.2, 0) is 20.9 Å². The maximum Gasteiger partial charge on any atom is 0.328 e. The zero-order valence-electron chi connectivity index (χ0n) is 24.4. The second-order valence-electron chi connectivity index (χ2n) is 10.3. The Morgan fingerprint density at radius 2 is 1.82 bits per heavy atom. The Labute approximate surface area is 264 Å². The number of aliphatic carboxylic acids is 1. The summed E-state index contributed by atoms with van der Waals surface area (Å²) in [6.45, 7) is 3.42. The van der Waals surface area contributed by atoms with Crippen LogP contribution in [0.3, 0.4) is 0 Å². The van der Waals surface area contributed by atoms with Gasteiger partial charge < -0.3 is 34.3 Å². The average molecular weight is 632 g/mol. The lowest BCUT2D eigenvalue weighted by Crippen LogP contribution is -2.36. The van der Waals surface area contributed by atoms with Gasteiger partial charge in [-0.2, -0.15) is 0 Å². The van der Waals surface area contributed by atoms with Crippen molar-refractivity contribution in [2.24, 2.45) is 0 Å². The summed E-state index contributed by atoms with van der Waals surface area (Å²) in [7, 11) is 3.15. The summed E-state index contributed by atoms with van der Waals surface area (Å²) in [5.74, 6) is 0.407. The van der Waals surface area contributed by atoms with Crippen LogP contribution in [0.25, 0.3) is 11.3 Å². The van der Waals surface area contributed by atoms with Gasteiger partial charge in [-0.3, -0.25) is 0 Å². The molecule has 0 bridgehead atoms. The second kappa shape index (κ2) is 13.8. The molecular weight excluding hydrogens is 599 g/mol. The lowest BCUT2D eigenvalue weighted by Gasteiger charge is -2.29. The van der Waals surface area contributed by atoms with Crippen molar-refractivity contribution in [2.45, 2.75) is 32.2 Å². The van der Waals surface area contributed by atoms with Crippen LogP contribution in [0.4, 0.5) is 11.4 Å². The Bertz CT molecular complexity index is 1630. The Balaban J connectivity index is 1.29. The first-order chi connectivity index (χ1) is 21.5. The van der Waals surface area contributed by atoms with Crippen molar-refractivity contribution < 1.29 is 28.8 Å². The topological polar surface area (TPSA) is 102 Å². The highest BCUT2D eigenvalue weighted by molar-refractivity contribution is 8.05. The van der Waals surface area contributed by atoms with Crippen LogP contribution in [0.15, 0.2) is 92.4 Å². The smallest absolute Gasteiger partial charge is 0.328 e. The lowest BCUT2D eigenvalue weighted by atomic mass is 10.1. The quantitative estimate of drug-likeness (QED) is 0.172. The zero-order valence-corrected chi connectivity index (χ0v) is 26.1. The van der Waals surface area contributed by atoms with Crippen LogP contribution in [0, 0.1) is 0 Å². The predicted molar refractivity (Wildman–Crippen MR) is 172 cm³/mol. The van der Waals surface area contributed by atoms with E-state index in [9.17, 15) is 9.90 Å². The van der Waals surface area contributed by atoms with E-state index in [1.54, 1.807) is 30.6 Å². The van der Waals surface area contributed by atoms with Crippen molar-refractivity contribution >= 4 is 40.9 Å². The van der Waals surface area contributed by atoms with Crippen molar-refractivity contribution in [3.8, 4) is 22.9 Å². The number of hydrogen-bond donors (Lipinski definition) is 2. The zero-order chi connectivity index (χ0) is 30.5. The first-order valence-electron chi connectivity index (χ1n) is 14.2. The normalized spacial score (nSPS) is 14.7. The SMILES string of the molecule is COCC(Nc1ccc2c(c1)Sc1cccc(-c3cc(N4CCOCC4)cc(OCc4ccc(OC)cc4)n3)c1S2)C(=O)O. The third-order valence-corrected chi connectivity index (χ3v) is 9.91. The molecule has 0 aliphatic carbocycles. The molecule has 2 aliphatic rings. The van der Waals surface area contributed by atoms with E-state index in [0.717, 1.165) is 66.6 Å². The lowest BCUT2D eigenvalue weighted by molar-refractivity contribution is -0.139. The van der Waals surface area contributed by atoms with Gasteiger partial charge in [-0.1, -0.05) is 47.8 Å². The number of nitrogens with zero attached hydrogens (tertiary/aromatic N) is 2. The van der Waals surface area contributed by atoms with Gasteiger partial charge in [0.25, 0.3) is 0 Å². The van der Waals surface area contributed by atoms with E-state index in [1.807, 2.05) is 48.5 Å². The fraction of sp³-hybridized carbons (Fsp3) is 0.273. The highest BCUT2D eigenvalue weighted by Gasteiger charge is 2.24. The highest BCUT2D eigenvalue weighted by atomic mass is 32.2. The Morgan fingerprint density at radius 1 is 1.00 bits per heavy atom. The molecule has 2 N–H and O–H groups in total. The molecule has 0 spiro atoms. The Kier molecular flexibility index (Phi) is 9.46. The molecule has 1 unspecified atom stereocenters. The number of hydrogen-bond acceptors (Lipinski definition) is 10. The number of nitrogens with one attached hydrogen (secondary N) is 1. The van der Waals surface area contributed by atoms with Crippen LogP contribution >= 0.6 is 23.5 Å². The number of rotatable bonds is 11. The van der Waals surface area contributed by atoms with Gasteiger partial charge in [0.05, 0.1) is 32.6 Å². The number of aromatic nitrogens is 1. The summed E-state index contributed by atoms with van der Waals surface area (Å²) in [6, 6.07) is 23.3. The molecule has 44 heavy (non-hydrogen) atoms. The summed E-state index contributed by atoms with van der Waals surface area (Å²) in [5, 5.41) is 12.6. The monoisotopic (exact) mass is 631 g/mol. The third kappa shape index (κ3) is 6.91. The van der Waals surface area contributed by atoms with Crippen molar-refractivity contribution in [1.82, 2.24) is 4.98 Å². The molecule has 0 amide bonds. The maximum atomic E-state index is 11.6. The minimum absolute atomic E-state index is 0.0722. The van der Waals surface area contributed by atoms with Crippen LogP contribution in [0.1, 0.15) is 5.56 Å². The number of morpholine rings is 1. The molecule has 1 atom stereocenters. The molecule has 4 aromatic rings. The fourth-order valence-corrected chi connectivity index (χ4v) is 7.43. The number of carboxylic acid groups (broad SMARTS) is 1. The number of benzene rings is 3. The van der Waals surface area contributed by atoms with E-state index in [4.69, 9.17) is 23.9 Å². The standard InChI is InChI=1S/C33H33N3O6S2/c1-39-20-27(33(37)38)34-22-8-11-28-30(16-22)43-29-5-3-4-25(32(29)44-28)26-17-23(36-12-14-41-15-13-36)18-31(35-26)42-19-21-6-9-24(40-2)10-7-21/h3-11,16-18,27,34H,12-15,19-20H2,1-2H3,(H,37,38). The number of ether oxygens (including phenoxy) is 4. The average Bonchev–Trinajstić information content (AvgIpc) is 3.06. The Hall–Kier alpha value is -3.90. The van der Waals surface area contributed by atoms with E-state index < -0.39 is 12.0 Å². The molecular formula is C33H33N3O6S2. The van der Waals surface area contributed by atoms with E-state index in [0.29, 0.717) is 25.7 Å². The van der Waals surface area contributed by atoms with E-state index in [-0.39, 0.29) is 6.61 Å². The molecule has 11 heteroatoms. The number of fused-ring (bicyclic) bond motifs is 2. The summed E-state index contributed by atoms with van der Waals surface area (Å²) in [4.78, 5) is 23.3. The molecule has 9 nitrogen and oxygen atoms in total. The minimum Gasteiger partial charge on any atom is -0.497 e. The molecule has 3 heterocycles. The van der Waals surface area contributed by atoms with Gasteiger partial charge >= 0.3 is 5.97 Å². The fourth-order valence-electron chi connectivity index (χ4n) is 5.02. The van der Waals surface area contributed by atoms with Crippen LogP contribution < -0.4 is 19.7 Å². The van der Waals surface area contributed by atoms with Crippen molar-refractivity contribution in [1.29, 1.82) is 0 Å². The van der Waals surface area contributed by atoms with Gasteiger partial charge in [0.2, 0.25) is 5.88 Å². The van der Waals surface area contributed by atoms with Gasteiger partial charge in [0.1, 0.15) is 18.4 Å². The molecule has 3 aromatic carbocycles. The van der Waals surface area contributed by atoms with Gasteiger partial charge in [-0.25, -0.2) is 9.78 Å². The first kappa shape index (κ1) is 30.1. The molecule has 1 fully saturated rings. The summed E-state index contributed by atoms with van der Waals surface area (Å²) < 4.78 is 22.2. The molecule has 6 rings (SSSR count). The van der Waals surface area contributed by atoms with E-state index >= 15 is 0 Å². The third-order valence-electron chi connectivity index (χ3n) is 7.31. The summed E-state index contributed by atoms with van der Waals surface area (Å²) >= 11 is 3.36. The van der Waals surface area contributed by atoms with Gasteiger partial charge in [-0.05, 0) is 48.0 Å². The molecule has 1 aromatic heterocycles. The first-order valence-corrected chi connectivity index (χ1v) is 15.9. The van der Waals surface area contributed by atoms with Gasteiger partial charge in [0, 0.05) is 62.8 Å². The number of carboxylic acids is 1. The number of methoxy groups -OCH3 is 2. The van der Waals surface area contributed by atoms with Crippen LogP contribution in [-0.4, -0.2) is 69.2 Å². The predicted octanol–water partition coefficient (Wildman–Crippen LogP) is 6.30. The van der Waals surface area contributed by atoms with Crippen molar-refractivity contribution in [3.05, 3.63) is 78.4 Å². The number of anilines is 2. The van der Waals surface area contributed by atoms with E-state index in [2.05, 4.69) is 34.5 Å².